The van der Waals surface area contributed by atoms with E-state index >= 15 is 0 Å². The molecule has 0 aliphatic carbocycles. The SMILES string of the molecule is CC(C)C[C@@H](C(=O)O)N(C)CC(O)C(=O)O.CN[C@@H](CC(C)C)C(=O)O.O=C(O)[C@@H]1CCCN1.O=C(O)[C@@H]1CCCN1. The fourth-order valence-corrected chi connectivity index (χ4v) is 4.00. The number of likely N-dealkylation sites (N-methyl/N-ethyl adjacent to an activating group) is 2. The lowest BCUT2D eigenvalue weighted by Crippen LogP contribution is -2.45. The molecule has 0 radical (unpaired) electrons. The maximum absolute atomic E-state index is 11.0. The van der Waals surface area contributed by atoms with Gasteiger partial charge in [-0.25, -0.2) is 4.79 Å². The maximum atomic E-state index is 11.0. The van der Waals surface area contributed by atoms with Gasteiger partial charge in [-0.3, -0.25) is 24.1 Å². The minimum Gasteiger partial charge on any atom is -0.480 e. The zero-order valence-electron chi connectivity index (χ0n) is 25.6. The van der Waals surface area contributed by atoms with E-state index < -0.39 is 42.0 Å². The Balaban J connectivity index is 0. The fourth-order valence-electron chi connectivity index (χ4n) is 4.00. The molecule has 0 aromatic rings. The summed E-state index contributed by atoms with van der Waals surface area (Å²) in [5.41, 5.74) is 0. The van der Waals surface area contributed by atoms with Crippen LogP contribution in [-0.2, 0) is 24.0 Å². The molecule has 0 amide bonds. The third kappa shape index (κ3) is 20.1. The monoisotopic (exact) mass is 608 g/mol. The number of hydrogen-bond acceptors (Lipinski definition) is 10. The molecule has 2 rings (SSSR count). The fraction of sp³-hybridized carbons (Fsp3) is 0.815. The summed E-state index contributed by atoms with van der Waals surface area (Å²) in [5.74, 6) is -3.95. The van der Waals surface area contributed by atoms with Crippen LogP contribution in [0.5, 0.6) is 0 Å². The Morgan fingerprint density at radius 1 is 0.762 bits per heavy atom. The summed E-state index contributed by atoms with van der Waals surface area (Å²) < 4.78 is 0. The highest BCUT2D eigenvalue weighted by Crippen LogP contribution is 2.11. The van der Waals surface area contributed by atoms with Gasteiger partial charge in [-0.2, -0.15) is 0 Å². The second-order valence-electron chi connectivity index (χ2n) is 11.1. The minimum absolute atomic E-state index is 0.186. The predicted molar refractivity (Wildman–Crippen MR) is 154 cm³/mol. The van der Waals surface area contributed by atoms with Crippen LogP contribution in [0, 0.1) is 11.8 Å². The number of aliphatic hydroxyl groups is 1. The van der Waals surface area contributed by atoms with Gasteiger partial charge in [-0.15, -0.1) is 0 Å². The summed E-state index contributed by atoms with van der Waals surface area (Å²) in [5, 5.41) is 60.3. The summed E-state index contributed by atoms with van der Waals surface area (Å²) in [6.45, 7) is 9.31. The van der Waals surface area contributed by atoms with Crippen molar-refractivity contribution in [3.05, 3.63) is 0 Å². The van der Waals surface area contributed by atoms with Gasteiger partial charge in [0.15, 0.2) is 6.10 Å². The molecule has 15 nitrogen and oxygen atoms in total. The van der Waals surface area contributed by atoms with Gasteiger partial charge in [0.2, 0.25) is 0 Å². The van der Waals surface area contributed by atoms with E-state index in [0.29, 0.717) is 18.8 Å². The van der Waals surface area contributed by atoms with Crippen molar-refractivity contribution in [1.29, 1.82) is 0 Å². The van der Waals surface area contributed by atoms with Crippen LogP contribution in [-0.4, -0.2) is 129 Å². The van der Waals surface area contributed by atoms with Crippen molar-refractivity contribution in [2.45, 2.75) is 96.5 Å². The number of hydrogen-bond donors (Lipinski definition) is 9. The van der Waals surface area contributed by atoms with Crippen LogP contribution in [0.4, 0.5) is 0 Å². The van der Waals surface area contributed by atoms with E-state index in [0.717, 1.165) is 38.8 Å². The summed E-state index contributed by atoms with van der Waals surface area (Å²) >= 11 is 0. The topological polar surface area (TPSA) is 246 Å². The Hall–Kier alpha value is -2.85. The van der Waals surface area contributed by atoms with Crippen LogP contribution in [0.25, 0.3) is 0 Å². The van der Waals surface area contributed by atoms with Crippen LogP contribution in [0.15, 0.2) is 0 Å². The number of nitrogens with one attached hydrogen (secondary N) is 3. The van der Waals surface area contributed by atoms with Crippen LogP contribution in [0.1, 0.15) is 66.2 Å². The van der Waals surface area contributed by atoms with Crippen LogP contribution < -0.4 is 16.0 Å². The highest BCUT2D eigenvalue weighted by Gasteiger charge is 2.27. The molecule has 0 bridgehead atoms. The van der Waals surface area contributed by atoms with Gasteiger partial charge in [0.25, 0.3) is 0 Å². The van der Waals surface area contributed by atoms with E-state index in [4.69, 9.17) is 30.6 Å². The number of carboxylic acid groups (broad SMARTS) is 5. The normalized spacial score (nSPS) is 19.8. The van der Waals surface area contributed by atoms with Crippen LogP contribution in [0.3, 0.4) is 0 Å². The van der Waals surface area contributed by atoms with Crippen molar-refractivity contribution in [3.8, 4) is 0 Å². The summed E-state index contributed by atoms with van der Waals surface area (Å²) in [6, 6.07) is -1.70. The number of carboxylic acids is 5. The second-order valence-corrected chi connectivity index (χ2v) is 11.1. The lowest BCUT2D eigenvalue weighted by atomic mass is 10.0. The Morgan fingerprint density at radius 3 is 1.38 bits per heavy atom. The first-order chi connectivity index (χ1) is 19.4. The summed E-state index contributed by atoms with van der Waals surface area (Å²) in [6.07, 6.45) is 3.11. The van der Waals surface area contributed by atoms with Crippen molar-refractivity contribution in [3.63, 3.8) is 0 Å². The Morgan fingerprint density at radius 2 is 1.19 bits per heavy atom. The molecule has 5 atom stereocenters. The molecule has 0 aromatic heterocycles. The minimum atomic E-state index is -1.56. The molecule has 2 fully saturated rings. The zero-order valence-corrected chi connectivity index (χ0v) is 25.6. The highest BCUT2D eigenvalue weighted by atomic mass is 16.4. The molecule has 0 aromatic carbocycles. The number of carbonyl (C=O) groups is 5. The Labute approximate surface area is 247 Å². The number of aliphatic hydroxyl groups excluding tert-OH is 1. The molecule has 246 valence electrons. The number of rotatable bonds is 13. The van der Waals surface area contributed by atoms with E-state index in [2.05, 4.69) is 16.0 Å². The van der Waals surface area contributed by atoms with Crippen LogP contribution in [0.2, 0.25) is 0 Å². The van der Waals surface area contributed by atoms with E-state index in [1.54, 1.807) is 7.05 Å². The average molecular weight is 609 g/mol. The number of nitrogens with zero attached hydrogens (tertiary/aromatic N) is 1. The Bertz CT molecular complexity index is 788. The Kier molecular flexibility index (Phi) is 22.3. The summed E-state index contributed by atoms with van der Waals surface area (Å²) in [7, 11) is 3.16. The van der Waals surface area contributed by atoms with Crippen molar-refractivity contribution in [2.75, 3.05) is 33.7 Å². The van der Waals surface area contributed by atoms with Crippen LogP contribution >= 0.6 is 0 Å². The molecule has 15 heteroatoms. The molecule has 0 spiro atoms. The van der Waals surface area contributed by atoms with Gasteiger partial charge in [0.1, 0.15) is 24.2 Å². The van der Waals surface area contributed by atoms with Gasteiger partial charge < -0.3 is 46.6 Å². The second kappa shape index (κ2) is 22.7. The molecule has 2 aliphatic rings. The standard InChI is InChI=1S/C10H19NO5.C7H15NO2.2C5H9NO2/c1-6(2)4-7(9(13)14)11(3)5-8(12)10(15)16;1-5(2)4-6(8-3)7(9)10;2*7-5(8)4-2-1-3-6-4/h6-8,12H,4-5H2,1-3H3,(H,13,14)(H,15,16);5-6,8H,4H2,1-3H3,(H,9,10);2*4,6H,1-3H2,(H,7,8)/t7-,8?;6-;2*4-/m0000/s1. The molecular weight excluding hydrogens is 556 g/mol. The van der Waals surface area contributed by atoms with E-state index in [1.807, 2.05) is 27.7 Å². The first kappa shape index (κ1) is 41.3. The van der Waals surface area contributed by atoms with Gasteiger partial charge in [0.05, 0.1) is 0 Å². The zero-order chi connectivity index (χ0) is 33.0. The third-order valence-corrected chi connectivity index (χ3v) is 6.33. The molecule has 1 unspecified atom stereocenters. The molecule has 2 aliphatic heterocycles. The molecule has 2 heterocycles. The smallest absolute Gasteiger partial charge is 0.333 e. The molecular formula is C27H52N4O11. The number of aliphatic carboxylic acids is 5. The lowest BCUT2D eigenvalue weighted by Gasteiger charge is -2.26. The average Bonchev–Trinajstić information content (AvgIpc) is 3.61. The molecule has 9 N–H and O–H groups in total. The summed E-state index contributed by atoms with van der Waals surface area (Å²) in [4.78, 5) is 53.4. The van der Waals surface area contributed by atoms with Gasteiger partial charge >= 0.3 is 29.8 Å². The van der Waals surface area contributed by atoms with Gasteiger partial charge in [-0.1, -0.05) is 27.7 Å². The van der Waals surface area contributed by atoms with E-state index in [-0.39, 0.29) is 30.6 Å². The van der Waals surface area contributed by atoms with Crippen molar-refractivity contribution >= 4 is 29.8 Å². The van der Waals surface area contributed by atoms with Gasteiger partial charge in [0, 0.05) is 6.54 Å². The van der Waals surface area contributed by atoms with E-state index in [1.165, 1.54) is 11.9 Å². The largest absolute Gasteiger partial charge is 0.480 e. The lowest BCUT2D eigenvalue weighted by molar-refractivity contribution is -0.151. The predicted octanol–water partition coefficient (Wildman–Crippen LogP) is 0.214. The van der Waals surface area contributed by atoms with E-state index in [9.17, 15) is 24.0 Å². The van der Waals surface area contributed by atoms with Crippen molar-refractivity contribution < 1.29 is 54.6 Å². The molecule has 2 saturated heterocycles. The maximum Gasteiger partial charge on any atom is 0.333 e. The highest BCUT2D eigenvalue weighted by molar-refractivity contribution is 5.75. The van der Waals surface area contributed by atoms with Crippen molar-refractivity contribution in [1.82, 2.24) is 20.9 Å². The molecule has 42 heavy (non-hydrogen) atoms. The first-order valence-electron chi connectivity index (χ1n) is 14.1. The third-order valence-electron chi connectivity index (χ3n) is 6.33. The quantitative estimate of drug-likeness (QED) is 0.136. The van der Waals surface area contributed by atoms with Crippen molar-refractivity contribution in [2.24, 2.45) is 11.8 Å². The first-order valence-corrected chi connectivity index (χ1v) is 14.1. The molecule has 0 saturated carbocycles. The van der Waals surface area contributed by atoms with Gasteiger partial charge in [-0.05, 0) is 77.5 Å².